The van der Waals surface area contributed by atoms with E-state index in [9.17, 15) is 4.79 Å². The van der Waals surface area contributed by atoms with Crippen LogP contribution in [0.3, 0.4) is 0 Å². The molecule has 0 saturated heterocycles. The number of rotatable bonds is 3. The highest BCUT2D eigenvalue weighted by Crippen LogP contribution is 2.29. The number of carbonyl (C=O) groups is 1. The summed E-state index contributed by atoms with van der Waals surface area (Å²) in [7, 11) is 0. The SMILES string of the molecule is CC(c1ccccc1)c1scnc1C(=O)O. The molecule has 2 rings (SSSR count). The number of carboxylic acid groups (broad SMARTS) is 1. The molecule has 1 heterocycles. The topological polar surface area (TPSA) is 50.2 Å². The van der Waals surface area contributed by atoms with Gasteiger partial charge in [-0.05, 0) is 5.56 Å². The second kappa shape index (κ2) is 4.45. The Morgan fingerprint density at radius 3 is 2.69 bits per heavy atom. The zero-order valence-electron chi connectivity index (χ0n) is 8.75. The summed E-state index contributed by atoms with van der Waals surface area (Å²) in [5, 5.41) is 8.99. The van der Waals surface area contributed by atoms with Gasteiger partial charge in [-0.1, -0.05) is 37.3 Å². The summed E-state index contributed by atoms with van der Waals surface area (Å²) in [6, 6.07) is 9.84. The van der Waals surface area contributed by atoms with Gasteiger partial charge in [-0.25, -0.2) is 9.78 Å². The van der Waals surface area contributed by atoms with Crippen molar-refractivity contribution in [1.82, 2.24) is 4.98 Å². The molecule has 82 valence electrons. The molecule has 3 nitrogen and oxygen atoms in total. The monoisotopic (exact) mass is 233 g/mol. The summed E-state index contributed by atoms with van der Waals surface area (Å²) < 4.78 is 0. The van der Waals surface area contributed by atoms with E-state index in [0.717, 1.165) is 10.4 Å². The van der Waals surface area contributed by atoms with E-state index in [2.05, 4.69) is 4.98 Å². The third-order valence-corrected chi connectivity index (χ3v) is 3.50. The molecule has 0 spiro atoms. The largest absolute Gasteiger partial charge is 0.476 e. The third-order valence-electron chi connectivity index (χ3n) is 2.49. The molecule has 1 aromatic heterocycles. The standard InChI is InChI=1S/C12H11NO2S/c1-8(9-5-3-2-4-6-9)11-10(12(14)15)13-7-16-11/h2-8H,1H3,(H,14,15). The number of hydrogen-bond acceptors (Lipinski definition) is 3. The van der Waals surface area contributed by atoms with Crippen LogP contribution in [0.5, 0.6) is 0 Å². The van der Waals surface area contributed by atoms with Crippen molar-refractivity contribution < 1.29 is 9.90 Å². The van der Waals surface area contributed by atoms with Gasteiger partial charge in [-0.15, -0.1) is 11.3 Å². The lowest BCUT2D eigenvalue weighted by Gasteiger charge is -2.09. The lowest BCUT2D eigenvalue weighted by Crippen LogP contribution is -2.04. The van der Waals surface area contributed by atoms with Crippen molar-refractivity contribution in [2.45, 2.75) is 12.8 Å². The average Bonchev–Trinajstić information content (AvgIpc) is 2.78. The number of nitrogens with zero attached hydrogens (tertiary/aromatic N) is 1. The Morgan fingerprint density at radius 2 is 2.06 bits per heavy atom. The van der Waals surface area contributed by atoms with Gasteiger partial charge in [0, 0.05) is 10.8 Å². The predicted molar refractivity (Wildman–Crippen MR) is 63.0 cm³/mol. The predicted octanol–water partition coefficient (Wildman–Crippen LogP) is 2.99. The number of aromatic nitrogens is 1. The molecule has 0 aliphatic carbocycles. The molecule has 1 N–H and O–H groups in total. The first kappa shape index (κ1) is 10.8. The number of thiazole rings is 1. The molecule has 2 aromatic rings. The summed E-state index contributed by atoms with van der Waals surface area (Å²) in [5.74, 6) is -0.890. The van der Waals surface area contributed by atoms with E-state index in [0.29, 0.717) is 0 Å². The van der Waals surface area contributed by atoms with Gasteiger partial charge in [-0.2, -0.15) is 0 Å². The van der Waals surface area contributed by atoms with Crippen LogP contribution in [0, 0.1) is 0 Å². The van der Waals surface area contributed by atoms with Gasteiger partial charge < -0.3 is 5.11 Å². The van der Waals surface area contributed by atoms with Crippen molar-refractivity contribution in [3.63, 3.8) is 0 Å². The Labute approximate surface area is 97.4 Å². The molecule has 0 amide bonds. The molecule has 16 heavy (non-hydrogen) atoms. The van der Waals surface area contributed by atoms with E-state index in [1.165, 1.54) is 11.3 Å². The summed E-state index contributed by atoms with van der Waals surface area (Å²) in [6.07, 6.45) is 0. The summed E-state index contributed by atoms with van der Waals surface area (Å²) in [5.41, 5.74) is 2.86. The average molecular weight is 233 g/mol. The molecule has 0 aliphatic heterocycles. The van der Waals surface area contributed by atoms with Crippen LogP contribution in [-0.2, 0) is 0 Å². The zero-order valence-corrected chi connectivity index (χ0v) is 9.57. The Morgan fingerprint density at radius 1 is 1.38 bits per heavy atom. The molecular weight excluding hydrogens is 222 g/mol. The van der Waals surface area contributed by atoms with Crippen LogP contribution in [0.25, 0.3) is 0 Å². The first-order chi connectivity index (χ1) is 7.70. The first-order valence-electron chi connectivity index (χ1n) is 4.91. The van der Waals surface area contributed by atoms with Gasteiger partial charge in [0.05, 0.1) is 5.51 Å². The molecule has 0 saturated carbocycles. The fraction of sp³-hybridized carbons (Fsp3) is 0.167. The van der Waals surface area contributed by atoms with Gasteiger partial charge in [0.15, 0.2) is 5.69 Å². The maximum absolute atomic E-state index is 11.0. The minimum Gasteiger partial charge on any atom is -0.476 e. The van der Waals surface area contributed by atoms with Crippen LogP contribution in [0.15, 0.2) is 35.8 Å². The minimum atomic E-state index is -0.959. The second-order valence-corrected chi connectivity index (χ2v) is 4.39. The molecule has 4 heteroatoms. The fourth-order valence-electron chi connectivity index (χ4n) is 1.62. The van der Waals surface area contributed by atoms with Gasteiger partial charge in [0.25, 0.3) is 0 Å². The fourth-order valence-corrected chi connectivity index (χ4v) is 2.48. The first-order valence-corrected chi connectivity index (χ1v) is 5.79. The summed E-state index contributed by atoms with van der Waals surface area (Å²) in [6.45, 7) is 2.00. The lowest BCUT2D eigenvalue weighted by molar-refractivity contribution is 0.0690. The highest BCUT2D eigenvalue weighted by Gasteiger charge is 2.19. The van der Waals surface area contributed by atoms with Crippen LogP contribution >= 0.6 is 11.3 Å². The number of benzene rings is 1. The van der Waals surface area contributed by atoms with Crippen molar-refractivity contribution in [2.75, 3.05) is 0 Å². The van der Waals surface area contributed by atoms with Gasteiger partial charge in [-0.3, -0.25) is 0 Å². The van der Waals surface area contributed by atoms with E-state index < -0.39 is 5.97 Å². The van der Waals surface area contributed by atoms with E-state index in [-0.39, 0.29) is 11.6 Å². The molecule has 0 radical (unpaired) electrons. The molecule has 0 aliphatic rings. The normalized spacial score (nSPS) is 12.3. The zero-order chi connectivity index (χ0) is 11.5. The van der Waals surface area contributed by atoms with Crippen molar-refractivity contribution in [3.05, 3.63) is 52.0 Å². The summed E-state index contributed by atoms with van der Waals surface area (Å²) >= 11 is 1.39. The van der Waals surface area contributed by atoms with E-state index >= 15 is 0 Å². The van der Waals surface area contributed by atoms with E-state index in [4.69, 9.17) is 5.11 Å². The highest BCUT2D eigenvalue weighted by molar-refractivity contribution is 7.10. The minimum absolute atomic E-state index is 0.0693. The lowest BCUT2D eigenvalue weighted by atomic mass is 9.98. The van der Waals surface area contributed by atoms with E-state index in [1.54, 1.807) is 5.51 Å². The second-order valence-electron chi connectivity index (χ2n) is 3.50. The molecule has 1 aromatic carbocycles. The highest BCUT2D eigenvalue weighted by atomic mass is 32.1. The van der Waals surface area contributed by atoms with Gasteiger partial charge in [0.2, 0.25) is 0 Å². The molecule has 0 fully saturated rings. The molecule has 1 unspecified atom stereocenters. The number of hydrogen-bond donors (Lipinski definition) is 1. The number of carboxylic acids is 1. The van der Waals surface area contributed by atoms with Crippen molar-refractivity contribution in [2.24, 2.45) is 0 Å². The van der Waals surface area contributed by atoms with Crippen molar-refractivity contribution in [3.8, 4) is 0 Å². The quantitative estimate of drug-likeness (QED) is 0.886. The Hall–Kier alpha value is -1.68. The Balaban J connectivity index is 2.38. The molecule has 0 bridgehead atoms. The maximum Gasteiger partial charge on any atom is 0.355 e. The third kappa shape index (κ3) is 1.97. The van der Waals surface area contributed by atoms with Gasteiger partial charge >= 0.3 is 5.97 Å². The van der Waals surface area contributed by atoms with Crippen molar-refractivity contribution >= 4 is 17.3 Å². The van der Waals surface area contributed by atoms with Crippen LogP contribution in [-0.4, -0.2) is 16.1 Å². The number of aromatic carboxylic acids is 1. The van der Waals surface area contributed by atoms with Crippen LogP contribution in [0.4, 0.5) is 0 Å². The summed E-state index contributed by atoms with van der Waals surface area (Å²) in [4.78, 5) is 15.6. The molecule has 1 atom stereocenters. The molecular formula is C12H11NO2S. The van der Waals surface area contributed by atoms with Gasteiger partial charge in [0.1, 0.15) is 0 Å². The Kier molecular flexibility index (Phi) is 3.01. The van der Waals surface area contributed by atoms with Crippen LogP contribution in [0.1, 0.15) is 33.8 Å². The van der Waals surface area contributed by atoms with Crippen LogP contribution in [0.2, 0.25) is 0 Å². The maximum atomic E-state index is 11.0. The smallest absolute Gasteiger partial charge is 0.355 e. The Bertz CT molecular complexity index is 493. The van der Waals surface area contributed by atoms with Crippen molar-refractivity contribution in [1.29, 1.82) is 0 Å². The van der Waals surface area contributed by atoms with E-state index in [1.807, 2.05) is 37.3 Å². The van der Waals surface area contributed by atoms with Crippen LogP contribution < -0.4 is 0 Å².